The number of amides is 1. The molecule has 0 unspecified atom stereocenters. The molecule has 1 aromatic carbocycles. The van der Waals surface area contributed by atoms with Gasteiger partial charge in [-0.3, -0.25) is 14.4 Å². The third-order valence-electron chi connectivity index (χ3n) is 4.82. The van der Waals surface area contributed by atoms with Gasteiger partial charge in [-0.25, -0.2) is 0 Å². The van der Waals surface area contributed by atoms with Crippen LogP contribution in [-0.4, -0.2) is 48.4 Å². The minimum Gasteiger partial charge on any atom is -0.487 e. The van der Waals surface area contributed by atoms with E-state index in [1.807, 2.05) is 13.8 Å². The first-order chi connectivity index (χ1) is 11.8. The second-order valence-electron chi connectivity index (χ2n) is 7.26. The molecule has 3 rings (SSSR count). The van der Waals surface area contributed by atoms with Crippen LogP contribution in [0.4, 0.5) is 0 Å². The Hall–Kier alpha value is -2.37. The molecular weight excluding hydrogens is 322 g/mol. The number of nitrogens with zero attached hydrogens (tertiary/aromatic N) is 1. The Labute approximate surface area is 147 Å². The third-order valence-corrected chi connectivity index (χ3v) is 4.82. The number of piperidine rings is 1. The van der Waals surface area contributed by atoms with E-state index in [-0.39, 0.29) is 23.6 Å². The number of rotatable bonds is 2. The highest BCUT2D eigenvalue weighted by Gasteiger charge is 2.34. The van der Waals surface area contributed by atoms with Crippen LogP contribution in [0.2, 0.25) is 0 Å². The van der Waals surface area contributed by atoms with Gasteiger partial charge in [0, 0.05) is 18.7 Å². The van der Waals surface area contributed by atoms with Gasteiger partial charge in [0.1, 0.15) is 11.4 Å². The van der Waals surface area contributed by atoms with Crippen molar-refractivity contribution >= 4 is 17.7 Å². The number of Topliss-reactive ketones (excluding diaryl/α,β-unsaturated/α-hetero) is 1. The highest BCUT2D eigenvalue weighted by Crippen LogP contribution is 2.34. The van der Waals surface area contributed by atoms with E-state index in [0.717, 1.165) is 0 Å². The van der Waals surface area contributed by atoms with Crippen molar-refractivity contribution in [2.24, 2.45) is 5.92 Å². The molecule has 0 aliphatic carbocycles. The zero-order valence-electron chi connectivity index (χ0n) is 14.8. The van der Waals surface area contributed by atoms with E-state index >= 15 is 0 Å². The van der Waals surface area contributed by atoms with Crippen LogP contribution in [0, 0.1) is 5.92 Å². The Morgan fingerprint density at radius 1 is 1.24 bits per heavy atom. The number of hydrogen-bond acceptors (Lipinski definition) is 5. The quantitative estimate of drug-likeness (QED) is 0.770. The molecule has 6 nitrogen and oxygen atoms in total. The van der Waals surface area contributed by atoms with Crippen LogP contribution in [0.3, 0.4) is 0 Å². The summed E-state index contributed by atoms with van der Waals surface area (Å²) in [7, 11) is 1.38. The Bertz CT molecular complexity index is 717. The Morgan fingerprint density at radius 3 is 2.56 bits per heavy atom. The summed E-state index contributed by atoms with van der Waals surface area (Å²) in [5.41, 5.74) is 0.423. The van der Waals surface area contributed by atoms with Crippen molar-refractivity contribution in [3.63, 3.8) is 0 Å². The topological polar surface area (TPSA) is 72.9 Å². The average Bonchev–Trinajstić information content (AvgIpc) is 2.59. The zero-order chi connectivity index (χ0) is 18.2. The maximum Gasteiger partial charge on any atom is 0.308 e. The summed E-state index contributed by atoms with van der Waals surface area (Å²) < 4.78 is 10.6. The summed E-state index contributed by atoms with van der Waals surface area (Å²) in [6, 6.07) is 5.02. The molecule has 0 atom stereocenters. The first-order valence-electron chi connectivity index (χ1n) is 8.54. The molecule has 0 radical (unpaired) electrons. The summed E-state index contributed by atoms with van der Waals surface area (Å²) in [4.78, 5) is 38.4. The van der Waals surface area contributed by atoms with Crippen molar-refractivity contribution < 1.29 is 23.9 Å². The number of ether oxygens (including phenoxy) is 2. The van der Waals surface area contributed by atoms with Crippen LogP contribution in [0.15, 0.2) is 18.2 Å². The predicted octanol–water partition coefficient (Wildman–Crippen LogP) is 2.46. The molecule has 2 aliphatic heterocycles. The molecule has 1 aromatic rings. The summed E-state index contributed by atoms with van der Waals surface area (Å²) in [6.45, 7) is 4.76. The monoisotopic (exact) mass is 345 g/mol. The SMILES string of the molecule is COC(=O)C1CCN(C(=O)c2ccc3c(c2)C(=O)CC(C)(C)O3)CC1. The van der Waals surface area contributed by atoms with E-state index in [4.69, 9.17) is 9.47 Å². The molecule has 0 bridgehead atoms. The maximum absolute atomic E-state index is 12.7. The molecule has 2 heterocycles. The number of carbonyl (C=O) groups excluding carboxylic acids is 3. The second-order valence-corrected chi connectivity index (χ2v) is 7.26. The highest BCUT2D eigenvalue weighted by atomic mass is 16.5. The predicted molar refractivity (Wildman–Crippen MR) is 90.7 cm³/mol. The van der Waals surface area contributed by atoms with Crippen LogP contribution in [0.5, 0.6) is 5.75 Å². The van der Waals surface area contributed by atoms with Gasteiger partial charge in [-0.05, 0) is 44.9 Å². The fourth-order valence-corrected chi connectivity index (χ4v) is 3.45. The van der Waals surface area contributed by atoms with Crippen LogP contribution in [0.1, 0.15) is 53.8 Å². The van der Waals surface area contributed by atoms with E-state index in [9.17, 15) is 14.4 Å². The lowest BCUT2D eigenvalue weighted by Gasteiger charge is -2.33. The Kier molecular flexibility index (Phi) is 4.54. The Morgan fingerprint density at radius 2 is 1.92 bits per heavy atom. The summed E-state index contributed by atoms with van der Waals surface area (Å²) in [5, 5.41) is 0. The van der Waals surface area contributed by atoms with Gasteiger partial charge in [0.25, 0.3) is 5.91 Å². The summed E-state index contributed by atoms with van der Waals surface area (Å²) in [6.07, 6.45) is 1.49. The largest absolute Gasteiger partial charge is 0.487 e. The van der Waals surface area contributed by atoms with Crippen LogP contribution in [-0.2, 0) is 9.53 Å². The van der Waals surface area contributed by atoms with Crippen LogP contribution >= 0.6 is 0 Å². The van der Waals surface area contributed by atoms with Gasteiger partial charge in [-0.15, -0.1) is 0 Å². The van der Waals surface area contributed by atoms with Crippen molar-refractivity contribution in [2.45, 2.75) is 38.7 Å². The van der Waals surface area contributed by atoms with E-state index < -0.39 is 5.60 Å². The van der Waals surface area contributed by atoms with E-state index in [1.165, 1.54) is 7.11 Å². The standard InChI is InChI=1S/C19H23NO5/c1-19(2)11-15(21)14-10-13(4-5-16(14)25-19)17(22)20-8-6-12(7-9-20)18(23)24-3/h4-5,10,12H,6-9,11H2,1-3H3. The summed E-state index contributed by atoms with van der Waals surface area (Å²) >= 11 is 0. The number of benzene rings is 1. The van der Waals surface area contributed by atoms with Crippen molar-refractivity contribution in [3.8, 4) is 5.75 Å². The highest BCUT2D eigenvalue weighted by molar-refractivity contribution is 6.03. The first-order valence-corrected chi connectivity index (χ1v) is 8.54. The van der Waals surface area contributed by atoms with E-state index in [0.29, 0.717) is 49.2 Å². The summed E-state index contributed by atoms with van der Waals surface area (Å²) in [5.74, 6) is 0.0391. The molecule has 1 saturated heterocycles. The molecule has 0 spiro atoms. The molecule has 0 N–H and O–H groups in total. The van der Waals surface area contributed by atoms with Crippen molar-refractivity contribution in [1.82, 2.24) is 4.90 Å². The van der Waals surface area contributed by atoms with Gasteiger partial charge >= 0.3 is 5.97 Å². The maximum atomic E-state index is 12.7. The van der Waals surface area contributed by atoms with Gasteiger partial charge < -0.3 is 14.4 Å². The van der Waals surface area contributed by atoms with Gasteiger partial charge in [0.05, 0.1) is 25.0 Å². The number of fused-ring (bicyclic) bond motifs is 1. The first kappa shape index (κ1) is 17.5. The molecule has 134 valence electrons. The number of methoxy groups -OCH3 is 1. The van der Waals surface area contributed by atoms with Crippen LogP contribution in [0.25, 0.3) is 0 Å². The molecule has 1 fully saturated rings. The number of ketones is 1. The minimum atomic E-state index is -0.522. The molecular formula is C19H23NO5. The number of hydrogen-bond donors (Lipinski definition) is 0. The van der Waals surface area contributed by atoms with Crippen LogP contribution < -0.4 is 4.74 Å². The molecule has 6 heteroatoms. The number of carbonyl (C=O) groups is 3. The lowest BCUT2D eigenvalue weighted by molar-refractivity contribution is -0.146. The fourth-order valence-electron chi connectivity index (χ4n) is 3.45. The lowest BCUT2D eigenvalue weighted by atomic mass is 9.91. The number of likely N-dealkylation sites (tertiary alicyclic amines) is 1. The molecule has 2 aliphatic rings. The molecule has 25 heavy (non-hydrogen) atoms. The van der Waals surface area contributed by atoms with Gasteiger partial charge in [-0.2, -0.15) is 0 Å². The average molecular weight is 345 g/mol. The van der Waals surface area contributed by atoms with Gasteiger partial charge in [0.2, 0.25) is 0 Å². The van der Waals surface area contributed by atoms with Gasteiger partial charge in [-0.1, -0.05) is 0 Å². The second kappa shape index (κ2) is 6.50. The Balaban J connectivity index is 1.73. The smallest absolute Gasteiger partial charge is 0.308 e. The lowest BCUT2D eigenvalue weighted by Crippen LogP contribution is -2.40. The zero-order valence-corrected chi connectivity index (χ0v) is 14.8. The van der Waals surface area contributed by atoms with Crippen molar-refractivity contribution in [3.05, 3.63) is 29.3 Å². The fraction of sp³-hybridized carbons (Fsp3) is 0.526. The third kappa shape index (κ3) is 3.52. The number of esters is 1. The van der Waals surface area contributed by atoms with Crippen molar-refractivity contribution in [1.29, 1.82) is 0 Å². The minimum absolute atomic E-state index is 0.00898. The molecule has 1 amide bonds. The van der Waals surface area contributed by atoms with Gasteiger partial charge in [0.15, 0.2) is 5.78 Å². The molecule has 0 saturated carbocycles. The molecule has 0 aromatic heterocycles. The van der Waals surface area contributed by atoms with E-state index in [1.54, 1.807) is 23.1 Å². The van der Waals surface area contributed by atoms with E-state index in [2.05, 4.69) is 0 Å². The van der Waals surface area contributed by atoms with Crippen molar-refractivity contribution in [2.75, 3.05) is 20.2 Å². The normalized spacial score (nSPS) is 19.8.